The summed E-state index contributed by atoms with van der Waals surface area (Å²) in [7, 11) is 0. The van der Waals surface area contributed by atoms with Crippen LogP contribution in [0.2, 0.25) is 0 Å². The molecule has 0 aromatic carbocycles. The summed E-state index contributed by atoms with van der Waals surface area (Å²) in [5.74, 6) is 0. The van der Waals surface area contributed by atoms with E-state index in [2.05, 4.69) is 0 Å². The molecule has 0 N–H and O–H groups in total. The van der Waals surface area contributed by atoms with Gasteiger partial charge in [-0.25, -0.2) is 0 Å². The van der Waals surface area contributed by atoms with Crippen molar-refractivity contribution in [3.63, 3.8) is 0 Å². The Labute approximate surface area is 81.3 Å². The van der Waals surface area contributed by atoms with Crippen LogP contribution in [0.3, 0.4) is 0 Å². The summed E-state index contributed by atoms with van der Waals surface area (Å²) in [4.78, 5) is 0. The molecule has 0 aromatic heterocycles. The fraction of sp³-hybridized carbons (Fsp3) is 0. The van der Waals surface area contributed by atoms with E-state index in [9.17, 15) is 0 Å². The van der Waals surface area contributed by atoms with Gasteiger partial charge in [-0.05, 0) is 0 Å². The Morgan fingerprint density at radius 3 is 0.667 bits per heavy atom. The maximum atomic E-state index is 0. The maximum Gasteiger partial charge on any atom is 2.00 e. The van der Waals surface area contributed by atoms with Gasteiger partial charge in [-0.15, -0.1) is 0 Å². The molecule has 0 atom stereocenters. The first-order chi connectivity index (χ1) is 0. The van der Waals surface area contributed by atoms with Crippen molar-refractivity contribution >= 4 is 0 Å². The molecule has 0 aliphatic heterocycles. The molecule has 0 amide bonds. The second-order valence-corrected chi connectivity index (χ2v) is 0. The van der Waals surface area contributed by atoms with Gasteiger partial charge in [0.25, 0.3) is 0 Å². The molecular weight excluding hydrogens is 164 g/mol. The molecular formula is CoLi2NiO2. The van der Waals surface area contributed by atoms with E-state index in [-0.39, 0.29) is 81.9 Å². The van der Waals surface area contributed by atoms with Gasteiger partial charge in [-0.1, -0.05) is 0 Å². The Morgan fingerprint density at radius 2 is 0.667 bits per heavy atom. The Hall–Kier alpha value is 2.11. The summed E-state index contributed by atoms with van der Waals surface area (Å²) in [6.45, 7) is 0. The van der Waals surface area contributed by atoms with Crippen LogP contribution in [0, 0.1) is 0 Å². The smallest absolute Gasteiger partial charge is 2.00 e. The van der Waals surface area contributed by atoms with Crippen molar-refractivity contribution in [1.29, 1.82) is 0 Å². The molecule has 0 aromatic rings. The van der Waals surface area contributed by atoms with Gasteiger partial charge < -0.3 is 11.0 Å². The second kappa shape index (κ2) is 59.5. The zero-order valence-corrected chi connectivity index (χ0v) is 5.49. The van der Waals surface area contributed by atoms with E-state index in [4.69, 9.17) is 0 Å². The van der Waals surface area contributed by atoms with Gasteiger partial charge in [0.15, 0.2) is 0 Å². The number of rotatable bonds is 0. The third-order valence-electron chi connectivity index (χ3n) is 0. The molecule has 0 heterocycles. The van der Waals surface area contributed by atoms with Crippen LogP contribution in [-0.4, -0.2) is 0 Å². The summed E-state index contributed by atoms with van der Waals surface area (Å²) in [6.07, 6.45) is 0. The van der Waals surface area contributed by atoms with Crippen molar-refractivity contribution in [2.75, 3.05) is 0 Å². The molecule has 6 heavy (non-hydrogen) atoms. The number of hydrogen-bond donors (Lipinski definition) is 0. The van der Waals surface area contributed by atoms with E-state index in [0.29, 0.717) is 0 Å². The van der Waals surface area contributed by atoms with Crippen LogP contribution in [0.15, 0.2) is 0 Å². The van der Waals surface area contributed by atoms with Gasteiger partial charge in [-0.3, -0.25) is 0 Å². The van der Waals surface area contributed by atoms with Crippen molar-refractivity contribution in [3.05, 3.63) is 0 Å². The third kappa shape index (κ3) is 35.8. The van der Waals surface area contributed by atoms with Gasteiger partial charge in [0.1, 0.15) is 0 Å². The Bertz CT molecular complexity index is 11.5. The zero-order chi connectivity index (χ0) is 0. The van der Waals surface area contributed by atoms with E-state index in [1.54, 1.807) is 0 Å². The molecule has 0 aliphatic carbocycles. The molecule has 0 spiro atoms. The summed E-state index contributed by atoms with van der Waals surface area (Å²) in [6, 6.07) is 0. The van der Waals surface area contributed by atoms with Crippen LogP contribution in [0.4, 0.5) is 0 Å². The summed E-state index contributed by atoms with van der Waals surface area (Å²) in [5.41, 5.74) is 0. The molecule has 0 aliphatic rings. The van der Waals surface area contributed by atoms with E-state index in [0.717, 1.165) is 0 Å². The number of hydrogen-bond acceptors (Lipinski definition) is 0. The minimum Gasteiger partial charge on any atom is -2.00 e. The predicted octanol–water partition coefficient (Wildman–Crippen LogP) is -6.23. The first-order valence-corrected chi connectivity index (χ1v) is 0. The molecule has 1 radical (unpaired) electrons. The van der Waals surface area contributed by atoms with Crippen molar-refractivity contribution < 1.29 is 81.9 Å². The fourth-order valence-corrected chi connectivity index (χ4v) is 0. The predicted molar refractivity (Wildman–Crippen MR) is 1.37 cm³/mol. The van der Waals surface area contributed by atoms with Crippen LogP contribution in [0.1, 0.15) is 0 Å². The third-order valence-corrected chi connectivity index (χ3v) is 0. The molecule has 33 valence electrons. The summed E-state index contributed by atoms with van der Waals surface area (Å²) in [5, 5.41) is 0. The fourth-order valence-electron chi connectivity index (χ4n) is 0. The van der Waals surface area contributed by atoms with Gasteiger partial charge in [0, 0.05) is 16.5 Å². The van der Waals surface area contributed by atoms with Crippen molar-refractivity contribution in [3.8, 4) is 0 Å². The van der Waals surface area contributed by atoms with E-state index in [1.165, 1.54) is 0 Å². The van der Waals surface area contributed by atoms with Gasteiger partial charge in [0.05, 0.1) is 0 Å². The normalized spacial score (nSPS) is 0. The summed E-state index contributed by atoms with van der Waals surface area (Å²) < 4.78 is 0. The first kappa shape index (κ1) is 91.8. The Morgan fingerprint density at radius 1 is 0.667 bits per heavy atom. The second-order valence-electron chi connectivity index (χ2n) is 0. The van der Waals surface area contributed by atoms with Crippen LogP contribution in [-0.2, 0) is 44.2 Å². The molecule has 0 saturated heterocycles. The molecule has 0 unspecified atom stereocenters. The zero-order valence-electron chi connectivity index (χ0n) is 3.47. The van der Waals surface area contributed by atoms with Gasteiger partial charge in [-0.2, -0.15) is 0 Å². The summed E-state index contributed by atoms with van der Waals surface area (Å²) >= 11 is 0. The minimum absolute atomic E-state index is 0. The Balaban J connectivity index is 0. The molecule has 0 bridgehead atoms. The van der Waals surface area contributed by atoms with E-state index in [1.807, 2.05) is 0 Å². The van der Waals surface area contributed by atoms with Crippen LogP contribution < -0.4 is 37.7 Å². The molecule has 0 rings (SSSR count). The quantitative estimate of drug-likeness (QED) is 0.319. The molecule has 2 nitrogen and oxygen atoms in total. The first-order valence-electron chi connectivity index (χ1n) is 0. The monoisotopic (exact) mass is 163 g/mol. The molecule has 0 saturated carbocycles. The molecule has 0 fully saturated rings. The van der Waals surface area contributed by atoms with Crippen LogP contribution in [0.25, 0.3) is 0 Å². The SMILES string of the molecule is [Co+2].[Li+].[Li+].[Ni].[O-2].[O-2]. The van der Waals surface area contributed by atoms with Crippen molar-refractivity contribution in [1.82, 2.24) is 0 Å². The average Bonchev–Trinajstić information content (AvgIpc) is 0. The average molecular weight is 164 g/mol. The maximum absolute atomic E-state index is 0. The largest absolute Gasteiger partial charge is 2.00 e. The Kier molecular flexibility index (Phi) is 911. The van der Waals surface area contributed by atoms with Gasteiger partial charge >= 0.3 is 54.5 Å². The topological polar surface area (TPSA) is 57.0 Å². The van der Waals surface area contributed by atoms with E-state index >= 15 is 0 Å². The standard InChI is InChI=1S/Co.2Li.Ni.2O/q+2;2*+1;;2*-2. The van der Waals surface area contributed by atoms with Gasteiger partial charge in [0.2, 0.25) is 0 Å². The molecule has 6 heteroatoms. The minimum atomic E-state index is 0. The van der Waals surface area contributed by atoms with Crippen molar-refractivity contribution in [2.24, 2.45) is 0 Å². The van der Waals surface area contributed by atoms with Crippen molar-refractivity contribution in [2.45, 2.75) is 0 Å². The van der Waals surface area contributed by atoms with Crippen LogP contribution in [0.5, 0.6) is 0 Å². The van der Waals surface area contributed by atoms with E-state index < -0.39 is 0 Å². The van der Waals surface area contributed by atoms with Crippen LogP contribution >= 0.6 is 0 Å².